The Morgan fingerprint density at radius 3 is 2.46 bits per heavy atom. The number of aliphatic hydroxyl groups excluding tert-OH is 1. The Bertz CT molecular complexity index is 659. The average Bonchev–Trinajstić information content (AvgIpc) is 3.24. The zero-order valence-corrected chi connectivity index (χ0v) is 16.2. The van der Waals surface area contributed by atoms with Gasteiger partial charge in [-0.3, -0.25) is 4.90 Å². The van der Waals surface area contributed by atoms with E-state index in [0.29, 0.717) is 11.8 Å². The maximum absolute atomic E-state index is 10.5. The molecule has 1 saturated heterocycles. The molecule has 1 N–H and O–H groups in total. The summed E-state index contributed by atoms with van der Waals surface area (Å²) in [6, 6.07) is 4.07. The summed E-state index contributed by atoms with van der Waals surface area (Å²) in [6.45, 7) is 3.00. The maximum atomic E-state index is 10.5. The molecule has 3 heterocycles. The van der Waals surface area contributed by atoms with Crippen LogP contribution in [0.5, 0.6) is 0 Å². The summed E-state index contributed by atoms with van der Waals surface area (Å²) in [5, 5.41) is 12.6. The molecule has 0 spiro atoms. The Morgan fingerprint density at radius 1 is 1.08 bits per heavy atom. The lowest BCUT2D eigenvalue weighted by Crippen LogP contribution is -2.35. The highest BCUT2D eigenvalue weighted by molar-refractivity contribution is 7.10. The summed E-state index contributed by atoms with van der Waals surface area (Å²) in [5.74, 6) is 2.01. The highest BCUT2D eigenvalue weighted by Gasteiger charge is 2.27. The van der Waals surface area contributed by atoms with Crippen LogP contribution in [0.4, 0.5) is 0 Å². The standard InChI is InChI=1S/C21H29N3OS/c25-20(19-7-4-12-26-19)17-8-10-24(11-9-17)15-16-13-22-21(23-14-16)18-5-2-1-3-6-18/h4,7,12-14,17-18,20,25H,1-3,5-6,8-11,15H2. The van der Waals surface area contributed by atoms with Gasteiger partial charge in [0.05, 0.1) is 6.10 Å². The molecule has 1 atom stereocenters. The number of aromatic nitrogens is 2. The highest BCUT2D eigenvalue weighted by Crippen LogP contribution is 2.33. The van der Waals surface area contributed by atoms with Gasteiger partial charge < -0.3 is 5.11 Å². The van der Waals surface area contributed by atoms with Crippen molar-refractivity contribution in [1.82, 2.24) is 14.9 Å². The van der Waals surface area contributed by atoms with Crippen molar-refractivity contribution in [2.75, 3.05) is 13.1 Å². The van der Waals surface area contributed by atoms with Gasteiger partial charge >= 0.3 is 0 Å². The molecule has 0 aromatic carbocycles. The van der Waals surface area contributed by atoms with Gasteiger partial charge in [0.2, 0.25) is 0 Å². The fraction of sp³-hybridized carbons (Fsp3) is 0.619. The predicted octanol–water partition coefficient (Wildman–Crippen LogP) is 4.53. The molecule has 26 heavy (non-hydrogen) atoms. The molecule has 2 aromatic heterocycles. The van der Waals surface area contributed by atoms with Crippen LogP contribution >= 0.6 is 11.3 Å². The van der Waals surface area contributed by atoms with Gasteiger partial charge in [-0.2, -0.15) is 0 Å². The Labute approximate surface area is 160 Å². The van der Waals surface area contributed by atoms with E-state index in [1.54, 1.807) is 11.3 Å². The van der Waals surface area contributed by atoms with Crippen LogP contribution in [-0.2, 0) is 6.54 Å². The number of thiophene rings is 1. The fourth-order valence-corrected chi connectivity index (χ4v) is 5.20. The summed E-state index contributed by atoms with van der Waals surface area (Å²) in [5.41, 5.74) is 1.21. The Kier molecular flexibility index (Phi) is 5.98. The van der Waals surface area contributed by atoms with E-state index >= 15 is 0 Å². The number of hydrogen-bond donors (Lipinski definition) is 1. The van der Waals surface area contributed by atoms with E-state index in [-0.39, 0.29) is 6.10 Å². The third kappa shape index (κ3) is 4.33. The Balaban J connectivity index is 1.27. The maximum Gasteiger partial charge on any atom is 0.131 e. The molecule has 140 valence electrons. The number of piperidine rings is 1. The van der Waals surface area contributed by atoms with E-state index in [2.05, 4.69) is 14.9 Å². The summed E-state index contributed by atoms with van der Waals surface area (Å²) in [6.07, 6.45) is 12.4. The van der Waals surface area contributed by atoms with Gasteiger partial charge in [0.1, 0.15) is 5.82 Å². The lowest BCUT2D eigenvalue weighted by molar-refractivity contribution is 0.0590. The van der Waals surface area contributed by atoms with Crippen molar-refractivity contribution < 1.29 is 5.11 Å². The second-order valence-corrected chi connectivity index (χ2v) is 8.84. The van der Waals surface area contributed by atoms with Gasteiger partial charge in [-0.1, -0.05) is 25.3 Å². The smallest absolute Gasteiger partial charge is 0.131 e. The van der Waals surface area contributed by atoms with Crippen LogP contribution in [0.2, 0.25) is 0 Å². The minimum Gasteiger partial charge on any atom is -0.387 e. The first-order valence-corrected chi connectivity index (χ1v) is 10.9. The number of hydrogen-bond acceptors (Lipinski definition) is 5. The molecule has 0 radical (unpaired) electrons. The summed E-state index contributed by atoms with van der Waals surface area (Å²) in [4.78, 5) is 12.9. The zero-order valence-electron chi connectivity index (χ0n) is 15.4. The molecule has 0 amide bonds. The van der Waals surface area contributed by atoms with E-state index in [4.69, 9.17) is 0 Å². The van der Waals surface area contributed by atoms with Crippen molar-refractivity contribution >= 4 is 11.3 Å². The quantitative estimate of drug-likeness (QED) is 0.839. The van der Waals surface area contributed by atoms with E-state index in [0.717, 1.165) is 43.2 Å². The first-order chi connectivity index (χ1) is 12.8. The van der Waals surface area contributed by atoms with Crippen LogP contribution in [0, 0.1) is 5.92 Å². The Hall–Kier alpha value is -1.30. The van der Waals surface area contributed by atoms with Crippen LogP contribution in [0.1, 0.15) is 73.2 Å². The first-order valence-electron chi connectivity index (χ1n) is 10.0. The third-order valence-corrected chi connectivity index (χ3v) is 6.96. The third-order valence-electron chi connectivity index (χ3n) is 6.02. The van der Waals surface area contributed by atoms with E-state index in [9.17, 15) is 5.11 Å². The predicted molar refractivity (Wildman–Crippen MR) is 105 cm³/mol. The number of rotatable bonds is 5. The summed E-state index contributed by atoms with van der Waals surface area (Å²) >= 11 is 1.66. The van der Waals surface area contributed by atoms with Crippen molar-refractivity contribution in [1.29, 1.82) is 0 Å². The molecule has 1 unspecified atom stereocenters. The van der Waals surface area contributed by atoms with Gasteiger partial charge in [-0.25, -0.2) is 9.97 Å². The second kappa shape index (κ2) is 8.59. The largest absolute Gasteiger partial charge is 0.387 e. The van der Waals surface area contributed by atoms with Crippen LogP contribution in [0.15, 0.2) is 29.9 Å². The molecular formula is C21H29N3OS. The lowest BCUT2D eigenvalue weighted by atomic mass is 9.88. The minimum atomic E-state index is -0.296. The molecule has 1 saturated carbocycles. The number of likely N-dealkylation sites (tertiary alicyclic amines) is 1. The molecule has 1 aliphatic carbocycles. The molecular weight excluding hydrogens is 342 g/mol. The molecule has 4 rings (SSSR count). The van der Waals surface area contributed by atoms with Gasteiger partial charge in [-0.05, 0) is 56.1 Å². The average molecular weight is 372 g/mol. The molecule has 2 aromatic rings. The van der Waals surface area contributed by atoms with Crippen LogP contribution < -0.4 is 0 Å². The van der Waals surface area contributed by atoms with Gasteiger partial charge in [0, 0.05) is 35.3 Å². The number of nitrogens with zero attached hydrogens (tertiary/aromatic N) is 3. The van der Waals surface area contributed by atoms with Gasteiger partial charge in [-0.15, -0.1) is 11.3 Å². The van der Waals surface area contributed by atoms with Crippen LogP contribution in [0.3, 0.4) is 0 Å². The first kappa shape index (κ1) is 18.1. The van der Waals surface area contributed by atoms with E-state index in [1.807, 2.05) is 29.9 Å². The SMILES string of the molecule is OC(c1cccs1)C1CCN(Cc2cnc(C3CCCCC3)nc2)CC1. The van der Waals surface area contributed by atoms with E-state index < -0.39 is 0 Å². The lowest BCUT2D eigenvalue weighted by Gasteiger charge is -2.33. The zero-order chi connectivity index (χ0) is 17.8. The summed E-state index contributed by atoms with van der Waals surface area (Å²) in [7, 11) is 0. The summed E-state index contributed by atoms with van der Waals surface area (Å²) < 4.78 is 0. The van der Waals surface area contributed by atoms with Gasteiger partial charge in [0.15, 0.2) is 0 Å². The van der Waals surface area contributed by atoms with Crippen molar-refractivity contribution in [3.05, 3.63) is 46.2 Å². The molecule has 0 bridgehead atoms. The monoisotopic (exact) mass is 371 g/mol. The molecule has 1 aliphatic heterocycles. The Morgan fingerprint density at radius 2 is 1.81 bits per heavy atom. The minimum absolute atomic E-state index is 0.296. The second-order valence-electron chi connectivity index (χ2n) is 7.86. The van der Waals surface area contributed by atoms with Crippen LogP contribution in [0.25, 0.3) is 0 Å². The number of aliphatic hydroxyl groups is 1. The van der Waals surface area contributed by atoms with E-state index in [1.165, 1.54) is 37.7 Å². The molecule has 4 nitrogen and oxygen atoms in total. The molecule has 5 heteroatoms. The molecule has 2 aliphatic rings. The van der Waals surface area contributed by atoms with Gasteiger partial charge in [0.25, 0.3) is 0 Å². The van der Waals surface area contributed by atoms with Crippen molar-refractivity contribution in [3.8, 4) is 0 Å². The van der Waals surface area contributed by atoms with Crippen LogP contribution in [-0.4, -0.2) is 33.1 Å². The topological polar surface area (TPSA) is 49.2 Å². The normalized spacial score (nSPS) is 21.7. The van der Waals surface area contributed by atoms with Crippen molar-refractivity contribution in [2.24, 2.45) is 5.92 Å². The highest BCUT2D eigenvalue weighted by atomic mass is 32.1. The van der Waals surface area contributed by atoms with Crippen molar-refractivity contribution in [2.45, 2.75) is 63.5 Å². The fourth-order valence-electron chi connectivity index (χ4n) is 4.39. The molecule has 2 fully saturated rings. The van der Waals surface area contributed by atoms with Crippen molar-refractivity contribution in [3.63, 3.8) is 0 Å².